The summed E-state index contributed by atoms with van der Waals surface area (Å²) in [6.45, 7) is 0. The minimum Gasteiger partial charge on any atom is -0.321 e. The second-order valence-electron chi connectivity index (χ2n) is 3.55. The molecule has 0 aliphatic carbocycles. The maximum atomic E-state index is 12.0. The summed E-state index contributed by atoms with van der Waals surface area (Å²) in [6.07, 6.45) is 3.16. The van der Waals surface area contributed by atoms with Crippen LogP contribution in [0.2, 0.25) is 5.15 Å². The topological polar surface area (TPSA) is 92.9 Å². The van der Waals surface area contributed by atoms with Gasteiger partial charge in [-0.25, -0.2) is 10.8 Å². The standard InChI is InChI=1S/C11H9BrClN5O/c12-7-3-8(5-15-4-7)16-11(19)6-1-9(13)17-10(2-6)18-14/h1-5H,14H2,(H,16,19)(H,17,18). The van der Waals surface area contributed by atoms with E-state index in [9.17, 15) is 4.79 Å². The summed E-state index contributed by atoms with van der Waals surface area (Å²) >= 11 is 9.07. The molecule has 0 atom stereocenters. The van der Waals surface area contributed by atoms with E-state index >= 15 is 0 Å². The Labute approximate surface area is 122 Å². The van der Waals surface area contributed by atoms with E-state index in [1.165, 1.54) is 18.3 Å². The largest absolute Gasteiger partial charge is 0.321 e. The summed E-state index contributed by atoms with van der Waals surface area (Å²) in [5.41, 5.74) is 3.25. The highest BCUT2D eigenvalue weighted by atomic mass is 79.9. The van der Waals surface area contributed by atoms with E-state index < -0.39 is 0 Å². The summed E-state index contributed by atoms with van der Waals surface area (Å²) in [6, 6.07) is 4.67. The number of nitrogens with two attached hydrogens (primary N) is 1. The van der Waals surface area contributed by atoms with Crippen LogP contribution < -0.4 is 16.6 Å². The Balaban J connectivity index is 2.22. The fraction of sp³-hybridized carbons (Fsp3) is 0. The number of nitrogen functional groups attached to an aromatic ring is 1. The van der Waals surface area contributed by atoms with Gasteiger partial charge in [-0.1, -0.05) is 11.6 Å². The molecule has 0 fully saturated rings. The number of nitrogens with one attached hydrogen (secondary N) is 2. The average Bonchev–Trinajstić information content (AvgIpc) is 2.38. The van der Waals surface area contributed by atoms with Gasteiger partial charge in [0.1, 0.15) is 11.0 Å². The first-order valence-electron chi connectivity index (χ1n) is 5.14. The van der Waals surface area contributed by atoms with Gasteiger partial charge >= 0.3 is 0 Å². The maximum Gasteiger partial charge on any atom is 0.255 e. The number of halogens is 2. The number of carbonyl (C=O) groups excluding carboxylic acids is 1. The fourth-order valence-corrected chi connectivity index (χ4v) is 1.96. The summed E-state index contributed by atoms with van der Waals surface area (Å²) < 4.78 is 0.766. The molecule has 0 saturated carbocycles. The van der Waals surface area contributed by atoms with Gasteiger partial charge in [0.25, 0.3) is 5.91 Å². The van der Waals surface area contributed by atoms with Gasteiger partial charge in [-0.15, -0.1) is 0 Å². The molecule has 4 N–H and O–H groups in total. The summed E-state index contributed by atoms with van der Waals surface area (Å²) in [5, 5.41) is 2.87. The van der Waals surface area contributed by atoms with Crippen LogP contribution in [0.4, 0.5) is 11.5 Å². The van der Waals surface area contributed by atoms with Crippen molar-refractivity contribution < 1.29 is 4.79 Å². The van der Waals surface area contributed by atoms with Crippen LogP contribution in [0.5, 0.6) is 0 Å². The zero-order chi connectivity index (χ0) is 13.8. The van der Waals surface area contributed by atoms with Crippen LogP contribution in [0.3, 0.4) is 0 Å². The van der Waals surface area contributed by atoms with Gasteiger partial charge in [-0.05, 0) is 34.1 Å². The third-order valence-corrected chi connectivity index (χ3v) is 2.79. The lowest BCUT2D eigenvalue weighted by molar-refractivity contribution is 0.102. The molecule has 19 heavy (non-hydrogen) atoms. The highest BCUT2D eigenvalue weighted by molar-refractivity contribution is 9.10. The second kappa shape index (κ2) is 5.96. The van der Waals surface area contributed by atoms with Crippen molar-refractivity contribution in [2.75, 3.05) is 10.7 Å². The molecule has 0 spiro atoms. The molecule has 0 saturated heterocycles. The Kier molecular flexibility index (Phi) is 4.31. The molecular formula is C11H9BrClN5O. The molecular weight excluding hydrogens is 334 g/mol. The number of anilines is 2. The van der Waals surface area contributed by atoms with Crippen molar-refractivity contribution in [2.45, 2.75) is 0 Å². The number of amides is 1. The Morgan fingerprint density at radius 2 is 2.11 bits per heavy atom. The first-order valence-corrected chi connectivity index (χ1v) is 6.31. The molecule has 1 amide bonds. The number of hydrogen-bond donors (Lipinski definition) is 3. The van der Waals surface area contributed by atoms with Crippen LogP contribution in [-0.4, -0.2) is 15.9 Å². The predicted octanol–water partition coefficient (Wildman–Crippen LogP) is 2.43. The smallest absolute Gasteiger partial charge is 0.255 e. The van der Waals surface area contributed by atoms with Crippen molar-refractivity contribution in [1.29, 1.82) is 0 Å². The van der Waals surface area contributed by atoms with Crippen LogP contribution in [0.15, 0.2) is 35.1 Å². The monoisotopic (exact) mass is 341 g/mol. The SMILES string of the molecule is NNc1cc(C(=O)Nc2cncc(Br)c2)cc(Cl)n1. The molecule has 0 aliphatic rings. The minimum absolute atomic E-state index is 0.174. The van der Waals surface area contributed by atoms with Crippen molar-refractivity contribution in [1.82, 2.24) is 9.97 Å². The molecule has 2 aromatic heterocycles. The first-order chi connectivity index (χ1) is 9.08. The van der Waals surface area contributed by atoms with E-state index in [0.29, 0.717) is 17.1 Å². The first kappa shape index (κ1) is 13.7. The van der Waals surface area contributed by atoms with Gasteiger partial charge in [-0.2, -0.15) is 0 Å². The minimum atomic E-state index is -0.333. The van der Waals surface area contributed by atoms with Crippen LogP contribution in [-0.2, 0) is 0 Å². The van der Waals surface area contributed by atoms with Crippen molar-refractivity contribution >= 4 is 44.9 Å². The number of carbonyl (C=O) groups is 1. The number of pyridine rings is 2. The summed E-state index contributed by atoms with van der Waals surface area (Å²) in [5.74, 6) is 5.22. The van der Waals surface area contributed by atoms with E-state index in [-0.39, 0.29) is 11.1 Å². The number of rotatable bonds is 3. The Bertz CT molecular complexity index is 622. The number of hydrogen-bond acceptors (Lipinski definition) is 5. The van der Waals surface area contributed by atoms with E-state index in [4.69, 9.17) is 17.4 Å². The van der Waals surface area contributed by atoms with Crippen molar-refractivity contribution in [2.24, 2.45) is 5.84 Å². The molecule has 98 valence electrons. The van der Waals surface area contributed by atoms with Crippen LogP contribution in [0.1, 0.15) is 10.4 Å². The molecule has 8 heteroatoms. The maximum absolute atomic E-state index is 12.0. The third kappa shape index (κ3) is 3.63. The lowest BCUT2D eigenvalue weighted by atomic mass is 10.2. The molecule has 0 aromatic carbocycles. The number of hydrazine groups is 1. The van der Waals surface area contributed by atoms with Gasteiger partial charge in [0, 0.05) is 16.2 Å². The lowest BCUT2D eigenvalue weighted by Crippen LogP contribution is -2.14. The van der Waals surface area contributed by atoms with Crippen molar-refractivity contribution in [3.05, 3.63) is 45.8 Å². The Morgan fingerprint density at radius 1 is 1.32 bits per heavy atom. The Morgan fingerprint density at radius 3 is 2.79 bits per heavy atom. The van der Waals surface area contributed by atoms with Gasteiger partial charge in [0.2, 0.25) is 0 Å². The normalized spacial score (nSPS) is 10.1. The third-order valence-electron chi connectivity index (χ3n) is 2.17. The summed E-state index contributed by atoms with van der Waals surface area (Å²) in [4.78, 5) is 19.9. The van der Waals surface area contributed by atoms with Crippen molar-refractivity contribution in [3.63, 3.8) is 0 Å². The highest BCUT2D eigenvalue weighted by Gasteiger charge is 2.09. The van der Waals surface area contributed by atoms with Crippen molar-refractivity contribution in [3.8, 4) is 0 Å². The van der Waals surface area contributed by atoms with E-state index in [1.54, 1.807) is 12.3 Å². The number of nitrogens with zero attached hydrogens (tertiary/aromatic N) is 2. The zero-order valence-corrected chi connectivity index (χ0v) is 11.9. The van der Waals surface area contributed by atoms with Crippen LogP contribution in [0, 0.1) is 0 Å². The van der Waals surface area contributed by atoms with E-state index in [2.05, 4.69) is 36.6 Å². The molecule has 2 rings (SSSR count). The molecule has 2 heterocycles. The molecule has 0 unspecified atom stereocenters. The van der Waals surface area contributed by atoms with Crippen LogP contribution in [0.25, 0.3) is 0 Å². The van der Waals surface area contributed by atoms with Gasteiger partial charge in [-0.3, -0.25) is 9.78 Å². The van der Waals surface area contributed by atoms with Gasteiger partial charge in [0.15, 0.2) is 0 Å². The Hall–Kier alpha value is -1.70. The molecule has 2 aromatic rings. The summed E-state index contributed by atoms with van der Waals surface area (Å²) in [7, 11) is 0. The molecule has 0 radical (unpaired) electrons. The van der Waals surface area contributed by atoms with Crippen LogP contribution >= 0.6 is 27.5 Å². The number of aromatic nitrogens is 2. The molecule has 0 aliphatic heterocycles. The average molecular weight is 343 g/mol. The van der Waals surface area contributed by atoms with Gasteiger partial charge in [0.05, 0.1) is 11.9 Å². The van der Waals surface area contributed by atoms with E-state index in [1.807, 2.05) is 0 Å². The van der Waals surface area contributed by atoms with E-state index in [0.717, 1.165) is 4.47 Å². The molecule has 6 nitrogen and oxygen atoms in total. The fourth-order valence-electron chi connectivity index (χ4n) is 1.39. The predicted molar refractivity (Wildman–Crippen MR) is 76.9 cm³/mol. The molecule has 0 bridgehead atoms. The lowest BCUT2D eigenvalue weighted by Gasteiger charge is -2.07. The quantitative estimate of drug-likeness (QED) is 0.452. The second-order valence-corrected chi connectivity index (χ2v) is 4.86. The zero-order valence-electron chi connectivity index (χ0n) is 9.52. The van der Waals surface area contributed by atoms with Gasteiger partial charge < -0.3 is 10.7 Å². The highest BCUT2D eigenvalue weighted by Crippen LogP contribution is 2.17.